The number of carboxylic acids is 1. The lowest BCUT2D eigenvalue weighted by Gasteiger charge is -2.51. The van der Waals surface area contributed by atoms with Crippen molar-refractivity contribution in [2.24, 2.45) is 0 Å². The maximum atomic E-state index is 11.2. The van der Waals surface area contributed by atoms with Crippen LogP contribution in [0.25, 0.3) is 0 Å². The first-order valence-corrected chi connectivity index (χ1v) is 14.8. The minimum atomic E-state index is -1.08. The minimum absolute atomic E-state index is 0.0177. The number of thiol groups is 1. The summed E-state index contributed by atoms with van der Waals surface area (Å²) in [6.45, 7) is 0.481. The molecule has 2 aromatic carbocycles. The molecule has 0 spiro atoms. The zero-order chi connectivity index (χ0) is 26.2. The Kier molecular flexibility index (Phi) is 7.37. The Hall–Kier alpha value is -2.56. The van der Waals surface area contributed by atoms with Gasteiger partial charge in [0.25, 0.3) is 0 Å². The van der Waals surface area contributed by atoms with Gasteiger partial charge in [-0.2, -0.15) is 0 Å². The first-order chi connectivity index (χ1) is 18.5. The van der Waals surface area contributed by atoms with E-state index in [-0.39, 0.29) is 17.4 Å². The van der Waals surface area contributed by atoms with Crippen molar-refractivity contribution in [3.63, 3.8) is 0 Å². The molecule has 6 atom stereocenters. The van der Waals surface area contributed by atoms with Crippen LogP contribution < -0.4 is 0 Å². The summed E-state index contributed by atoms with van der Waals surface area (Å²) in [5, 5.41) is 19.1. The van der Waals surface area contributed by atoms with Crippen LogP contribution in [0.5, 0.6) is 0 Å². The number of ether oxygens (including phenoxy) is 3. The Balaban J connectivity index is 1.40. The van der Waals surface area contributed by atoms with E-state index >= 15 is 0 Å². The number of aliphatic carboxylic acids is 1. The molecule has 3 aromatic rings. The normalized spacial score (nSPS) is 30.2. The summed E-state index contributed by atoms with van der Waals surface area (Å²) < 4.78 is 21.0. The highest BCUT2D eigenvalue weighted by Crippen LogP contribution is 2.55. The van der Waals surface area contributed by atoms with Crippen molar-refractivity contribution < 1.29 is 24.1 Å². The fourth-order valence-electron chi connectivity index (χ4n) is 5.17. The second kappa shape index (κ2) is 10.9. The number of halogens is 2. The largest absolute Gasteiger partial charge is 0.495 e. The molecular formula is C27H27Cl2N3O5S. The first kappa shape index (κ1) is 25.7. The van der Waals surface area contributed by atoms with Gasteiger partial charge in [-0.15, -0.1) is 5.10 Å². The van der Waals surface area contributed by atoms with Gasteiger partial charge in [0.1, 0.15) is 12.1 Å². The van der Waals surface area contributed by atoms with Gasteiger partial charge in [0, 0.05) is 28.7 Å². The molecule has 2 aliphatic heterocycles. The Morgan fingerprint density at radius 2 is 1.97 bits per heavy atom. The maximum Gasteiger partial charge on any atom is 0.331 e. The van der Waals surface area contributed by atoms with Crippen molar-refractivity contribution in [2.75, 3.05) is 12.4 Å². The first-order valence-electron chi connectivity index (χ1n) is 12.5. The number of hydrogen-bond donors (Lipinski definition) is 2. The van der Waals surface area contributed by atoms with Crippen LogP contribution in [0.4, 0.5) is 0 Å². The van der Waals surface area contributed by atoms with Crippen LogP contribution in [0.1, 0.15) is 42.3 Å². The Morgan fingerprint density at radius 3 is 2.71 bits per heavy atom. The molecule has 8 nitrogen and oxygen atoms in total. The van der Waals surface area contributed by atoms with E-state index in [1.54, 1.807) is 6.07 Å². The summed E-state index contributed by atoms with van der Waals surface area (Å²) in [7, 11) is -0.883. The molecule has 1 saturated carbocycles. The van der Waals surface area contributed by atoms with E-state index < -0.39 is 29.3 Å². The molecule has 0 amide bonds. The third-order valence-electron chi connectivity index (χ3n) is 7.17. The van der Waals surface area contributed by atoms with Crippen molar-refractivity contribution in [3.8, 4) is 0 Å². The molecule has 200 valence electrons. The Labute approximate surface area is 232 Å². The average molecular weight is 577 g/mol. The van der Waals surface area contributed by atoms with Gasteiger partial charge in [0.2, 0.25) is 0 Å². The number of hydrogen-bond acceptors (Lipinski definition) is 6. The molecule has 3 fully saturated rings. The van der Waals surface area contributed by atoms with Crippen LogP contribution in [0, 0.1) is 0 Å². The smallest absolute Gasteiger partial charge is 0.331 e. The minimum Gasteiger partial charge on any atom is -0.495 e. The fraction of sp³-hybridized carbons (Fsp3) is 0.370. The predicted octanol–water partition coefficient (Wildman–Crippen LogP) is 5.54. The number of benzene rings is 2. The Morgan fingerprint density at radius 1 is 1.16 bits per heavy atom. The topological polar surface area (TPSA) is 95.7 Å². The second-order valence-corrected chi connectivity index (χ2v) is 13.0. The van der Waals surface area contributed by atoms with E-state index in [9.17, 15) is 9.90 Å². The van der Waals surface area contributed by atoms with Gasteiger partial charge in [0.05, 0.1) is 40.8 Å². The van der Waals surface area contributed by atoms with E-state index in [2.05, 4.69) is 10.3 Å². The monoisotopic (exact) mass is 575 g/mol. The quantitative estimate of drug-likeness (QED) is 0.217. The lowest BCUT2D eigenvalue weighted by atomic mass is 10.0. The van der Waals surface area contributed by atoms with E-state index in [1.807, 2.05) is 53.3 Å². The zero-order valence-electron chi connectivity index (χ0n) is 20.3. The Bertz CT molecular complexity index is 1340. The molecule has 1 aliphatic carbocycles. The summed E-state index contributed by atoms with van der Waals surface area (Å²) in [5.41, 5.74) is 1.89. The molecule has 0 bridgehead atoms. The third kappa shape index (κ3) is 5.31. The molecule has 3 heterocycles. The number of carbonyl (C=O) groups is 1. The number of fused-ring (bicyclic) bond motifs is 1. The average Bonchev–Trinajstić information content (AvgIpc) is 3.66. The molecule has 3 aliphatic rings. The summed E-state index contributed by atoms with van der Waals surface area (Å²) in [6, 6.07) is 15.2. The van der Waals surface area contributed by atoms with Gasteiger partial charge in [0.15, 0.2) is 6.29 Å². The third-order valence-corrected chi connectivity index (χ3v) is 10.8. The van der Waals surface area contributed by atoms with Crippen LogP contribution >= 0.6 is 34.1 Å². The highest BCUT2D eigenvalue weighted by Gasteiger charge is 2.51. The van der Waals surface area contributed by atoms with Crippen molar-refractivity contribution in [1.29, 1.82) is 0 Å². The predicted molar refractivity (Wildman–Crippen MR) is 145 cm³/mol. The van der Waals surface area contributed by atoms with Crippen LogP contribution in [0.2, 0.25) is 10.0 Å². The van der Waals surface area contributed by atoms with E-state index in [1.165, 1.54) is 6.26 Å². The van der Waals surface area contributed by atoms with Crippen LogP contribution in [0.15, 0.2) is 72.0 Å². The maximum absolute atomic E-state index is 11.2. The van der Waals surface area contributed by atoms with Gasteiger partial charge in [-0.1, -0.05) is 58.7 Å². The van der Waals surface area contributed by atoms with Gasteiger partial charge in [-0.3, -0.25) is 0 Å². The SMILES string of the molecule is O=C(O)/C=C/O[C@H]1C[SH](c2ccc(Cl)c(Cl)c2)[C@@H]2COC(c3ccccc3)O[C@@H]2[C@H]1n1cc(C2CC2)nn1. The zero-order valence-corrected chi connectivity index (χ0v) is 22.7. The van der Waals surface area contributed by atoms with E-state index in [0.29, 0.717) is 28.3 Å². The van der Waals surface area contributed by atoms with Crippen molar-refractivity contribution in [3.05, 3.63) is 88.4 Å². The number of carboxylic acid groups (broad SMARTS) is 1. The van der Waals surface area contributed by atoms with Crippen LogP contribution in [-0.2, 0) is 19.0 Å². The fourth-order valence-corrected chi connectivity index (χ4v) is 8.53. The molecule has 2 saturated heterocycles. The van der Waals surface area contributed by atoms with Crippen molar-refractivity contribution in [1.82, 2.24) is 15.0 Å². The highest BCUT2D eigenvalue weighted by molar-refractivity contribution is 8.17. The molecule has 1 aromatic heterocycles. The van der Waals surface area contributed by atoms with Crippen molar-refractivity contribution >= 4 is 40.1 Å². The van der Waals surface area contributed by atoms with Gasteiger partial charge < -0.3 is 19.3 Å². The molecule has 1 N–H and O–H groups in total. The highest BCUT2D eigenvalue weighted by atomic mass is 35.5. The van der Waals surface area contributed by atoms with Gasteiger partial charge in [-0.05, 0) is 35.9 Å². The molecule has 11 heteroatoms. The molecule has 6 rings (SSSR count). The summed E-state index contributed by atoms with van der Waals surface area (Å²) in [4.78, 5) is 12.3. The summed E-state index contributed by atoms with van der Waals surface area (Å²) in [6.07, 6.45) is 5.15. The standard InChI is InChI=1S/C27H27Cl2N3O5S/c28-19-9-8-18(12-20(19)29)38-15-22(35-11-10-24(33)34)25(32-13-21(30-31-32)16-6-7-16)26-23(38)14-36-27(37-26)17-4-2-1-3-5-17/h1-5,8-13,16,22-23,25-27,38H,6-7,14-15H2,(H,33,34)/b11-10+/t22-,23+,25-,26-,27?/m0/s1. The summed E-state index contributed by atoms with van der Waals surface area (Å²) >= 11 is 12.6. The molecule has 2 unspecified atom stereocenters. The van der Waals surface area contributed by atoms with E-state index in [0.717, 1.165) is 35.1 Å². The number of nitrogens with zero attached hydrogens (tertiary/aromatic N) is 3. The molecule has 0 radical (unpaired) electrons. The van der Waals surface area contributed by atoms with Crippen LogP contribution in [-0.4, -0.2) is 55.9 Å². The molecule has 38 heavy (non-hydrogen) atoms. The lowest BCUT2D eigenvalue weighted by Crippen LogP contribution is -2.54. The lowest BCUT2D eigenvalue weighted by molar-refractivity contribution is -0.232. The second-order valence-electron chi connectivity index (χ2n) is 9.70. The van der Waals surface area contributed by atoms with E-state index in [4.69, 9.17) is 37.4 Å². The number of aromatic nitrogens is 3. The van der Waals surface area contributed by atoms with Gasteiger partial charge >= 0.3 is 5.97 Å². The van der Waals surface area contributed by atoms with Gasteiger partial charge in [-0.25, -0.2) is 20.4 Å². The van der Waals surface area contributed by atoms with Crippen LogP contribution in [0.3, 0.4) is 0 Å². The number of rotatable bonds is 7. The summed E-state index contributed by atoms with van der Waals surface area (Å²) in [5.74, 6) is -0.00890. The van der Waals surface area contributed by atoms with Crippen molar-refractivity contribution in [2.45, 2.75) is 53.4 Å². The molecular weight excluding hydrogens is 549 g/mol.